The maximum atomic E-state index is 11.7. The van der Waals surface area contributed by atoms with Crippen LogP contribution in [0.3, 0.4) is 0 Å². The number of halogens is 3. The van der Waals surface area contributed by atoms with Gasteiger partial charge in [-0.15, -0.1) is 0 Å². The van der Waals surface area contributed by atoms with Gasteiger partial charge in [0.2, 0.25) is 0 Å². The standard InChI is InChI=1S/C12H20F3NO/c13-12(14,15)10-17-9-3-7-16-8-6-11-4-1-2-5-11/h4,16H,1-3,5-10H2. The largest absolute Gasteiger partial charge is 0.411 e. The molecule has 1 aliphatic rings. The van der Waals surface area contributed by atoms with Crippen molar-refractivity contribution in [3.63, 3.8) is 0 Å². The molecular weight excluding hydrogens is 231 g/mol. The molecule has 0 aliphatic heterocycles. The SMILES string of the molecule is FC(F)(F)COCCCNCCC1=CCCC1. The van der Waals surface area contributed by atoms with E-state index in [2.05, 4.69) is 16.1 Å². The number of ether oxygens (including phenoxy) is 1. The minimum absolute atomic E-state index is 0.162. The van der Waals surface area contributed by atoms with Crippen LogP contribution in [0.15, 0.2) is 11.6 Å². The lowest BCUT2D eigenvalue weighted by molar-refractivity contribution is -0.173. The Bertz CT molecular complexity index is 238. The van der Waals surface area contributed by atoms with Gasteiger partial charge in [0.25, 0.3) is 0 Å². The zero-order valence-corrected chi connectivity index (χ0v) is 9.98. The van der Waals surface area contributed by atoms with Gasteiger partial charge in [-0.1, -0.05) is 11.6 Å². The molecule has 0 heterocycles. The van der Waals surface area contributed by atoms with Gasteiger partial charge >= 0.3 is 6.18 Å². The van der Waals surface area contributed by atoms with Crippen molar-refractivity contribution in [1.82, 2.24) is 5.32 Å². The van der Waals surface area contributed by atoms with Gasteiger partial charge in [-0.05, 0) is 45.2 Å². The van der Waals surface area contributed by atoms with E-state index < -0.39 is 12.8 Å². The number of nitrogens with one attached hydrogen (secondary N) is 1. The molecule has 0 fully saturated rings. The molecule has 0 unspecified atom stereocenters. The highest BCUT2D eigenvalue weighted by Crippen LogP contribution is 2.19. The van der Waals surface area contributed by atoms with Crippen molar-refractivity contribution in [1.29, 1.82) is 0 Å². The van der Waals surface area contributed by atoms with Gasteiger partial charge in [0.05, 0.1) is 0 Å². The summed E-state index contributed by atoms with van der Waals surface area (Å²) in [6.07, 6.45) is 3.42. The maximum absolute atomic E-state index is 11.7. The highest BCUT2D eigenvalue weighted by molar-refractivity contribution is 5.07. The van der Waals surface area contributed by atoms with Crippen LogP contribution in [0.2, 0.25) is 0 Å². The minimum Gasteiger partial charge on any atom is -0.372 e. The van der Waals surface area contributed by atoms with E-state index in [9.17, 15) is 13.2 Å². The van der Waals surface area contributed by atoms with Crippen molar-refractivity contribution in [2.24, 2.45) is 0 Å². The molecule has 0 amide bonds. The van der Waals surface area contributed by atoms with Gasteiger partial charge in [-0.25, -0.2) is 0 Å². The van der Waals surface area contributed by atoms with Crippen LogP contribution in [0, 0.1) is 0 Å². The minimum atomic E-state index is -4.21. The predicted molar refractivity (Wildman–Crippen MR) is 60.9 cm³/mol. The van der Waals surface area contributed by atoms with E-state index in [0.717, 1.165) is 13.0 Å². The fourth-order valence-corrected chi connectivity index (χ4v) is 1.83. The molecule has 1 rings (SSSR count). The second kappa shape index (κ2) is 7.71. The topological polar surface area (TPSA) is 21.3 Å². The average Bonchev–Trinajstić information content (AvgIpc) is 2.73. The highest BCUT2D eigenvalue weighted by Gasteiger charge is 2.27. The first-order valence-electron chi connectivity index (χ1n) is 6.11. The van der Waals surface area contributed by atoms with Gasteiger partial charge < -0.3 is 10.1 Å². The van der Waals surface area contributed by atoms with Gasteiger partial charge in [0, 0.05) is 6.61 Å². The second-order valence-corrected chi connectivity index (χ2v) is 4.28. The van der Waals surface area contributed by atoms with Crippen LogP contribution in [0.5, 0.6) is 0 Å². The normalized spacial score (nSPS) is 16.3. The number of allylic oxidation sites excluding steroid dienone is 1. The Balaban J connectivity index is 1.81. The van der Waals surface area contributed by atoms with E-state index in [1.54, 1.807) is 0 Å². The predicted octanol–water partition coefficient (Wildman–Crippen LogP) is 3.05. The lowest BCUT2D eigenvalue weighted by atomic mass is 10.2. The molecule has 0 aromatic heterocycles. The van der Waals surface area contributed by atoms with Crippen LogP contribution >= 0.6 is 0 Å². The summed E-state index contributed by atoms with van der Waals surface area (Å²) in [7, 11) is 0. The summed E-state index contributed by atoms with van der Waals surface area (Å²) in [6, 6.07) is 0. The average molecular weight is 251 g/mol. The molecule has 17 heavy (non-hydrogen) atoms. The van der Waals surface area contributed by atoms with E-state index in [0.29, 0.717) is 13.0 Å². The van der Waals surface area contributed by atoms with Crippen molar-refractivity contribution >= 4 is 0 Å². The van der Waals surface area contributed by atoms with E-state index in [1.807, 2.05) is 0 Å². The van der Waals surface area contributed by atoms with Crippen molar-refractivity contribution in [2.75, 3.05) is 26.3 Å². The molecule has 0 saturated heterocycles. The number of alkyl halides is 3. The first-order chi connectivity index (χ1) is 8.08. The molecule has 0 aromatic carbocycles. The molecule has 100 valence electrons. The van der Waals surface area contributed by atoms with Crippen LogP contribution < -0.4 is 5.32 Å². The lowest BCUT2D eigenvalue weighted by Crippen LogP contribution is -2.21. The highest BCUT2D eigenvalue weighted by atomic mass is 19.4. The zero-order chi connectivity index (χ0) is 12.6. The summed E-state index contributed by atoms with van der Waals surface area (Å²) in [5.41, 5.74) is 1.51. The smallest absolute Gasteiger partial charge is 0.372 e. The molecule has 0 aromatic rings. The Morgan fingerprint density at radius 1 is 1.29 bits per heavy atom. The third kappa shape index (κ3) is 8.21. The number of hydrogen-bond acceptors (Lipinski definition) is 2. The molecule has 0 saturated carbocycles. The van der Waals surface area contributed by atoms with Crippen molar-refractivity contribution < 1.29 is 17.9 Å². The summed E-state index contributed by atoms with van der Waals surface area (Å²) in [6.45, 7) is 0.644. The van der Waals surface area contributed by atoms with Crippen LogP contribution in [0.25, 0.3) is 0 Å². The molecule has 0 spiro atoms. The molecule has 2 nitrogen and oxygen atoms in total. The van der Waals surface area contributed by atoms with E-state index in [1.165, 1.54) is 24.8 Å². The van der Waals surface area contributed by atoms with E-state index in [4.69, 9.17) is 0 Å². The molecule has 5 heteroatoms. The van der Waals surface area contributed by atoms with Crippen LogP contribution in [0.1, 0.15) is 32.1 Å². The first kappa shape index (κ1) is 14.5. The second-order valence-electron chi connectivity index (χ2n) is 4.28. The lowest BCUT2D eigenvalue weighted by Gasteiger charge is -2.08. The molecule has 0 bridgehead atoms. The van der Waals surface area contributed by atoms with Crippen LogP contribution in [-0.2, 0) is 4.74 Å². The Morgan fingerprint density at radius 3 is 2.76 bits per heavy atom. The van der Waals surface area contributed by atoms with Gasteiger partial charge in [-0.3, -0.25) is 0 Å². The summed E-state index contributed by atoms with van der Waals surface area (Å²) >= 11 is 0. The molecule has 1 aliphatic carbocycles. The summed E-state index contributed by atoms with van der Waals surface area (Å²) in [4.78, 5) is 0. The Labute approximate surface area is 100 Å². The molecule has 0 radical (unpaired) electrons. The Hall–Kier alpha value is -0.550. The fourth-order valence-electron chi connectivity index (χ4n) is 1.83. The summed E-state index contributed by atoms with van der Waals surface area (Å²) in [5, 5.41) is 3.21. The number of hydrogen-bond donors (Lipinski definition) is 1. The third-order valence-electron chi connectivity index (χ3n) is 2.67. The van der Waals surface area contributed by atoms with Crippen molar-refractivity contribution in [3.05, 3.63) is 11.6 Å². The summed E-state index contributed by atoms with van der Waals surface area (Å²) in [5.74, 6) is 0. The van der Waals surface area contributed by atoms with Gasteiger partial charge in [0.15, 0.2) is 0 Å². The van der Waals surface area contributed by atoms with Gasteiger partial charge in [-0.2, -0.15) is 13.2 Å². The van der Waals surface area contributed by atoms with E-state index >= 15 is 0 Å². The summed E-state index contributed by atoms with van der Waals surface area (Å²) < 4.78 is 39.6. The third-order valence-corrected chi connectivity index (χ3v) is 2.67. The molecule has 0 atom stereocenters. The molecular formula is C12H20F3NO. The van der Waals surface area contributed by atoms with Crippen molar-refractivity contribution in [3.8, 4) is 0 Å². The van der Waals surface area contributed by atoms with Crippen molar-refractivity contribution in [2.45, 2.75) is 38.3 Å². The van der Waals surface area contributed by atoms with Crippen LogP contribution in [0.4, 0.5) is 13.2 Å². The zero-order valence-electron chi connectivity index (χ0n) is 9.98. The van der Waals surface area contributed by atoms with Crippen LogP contribution in [-0.4, -0.2) is 32.5 Å². The van der Waals surface area contributed by atoms with E-state index in [-0.39, 0.29) is 6.61 Å². The first-order valence-corrected chi connectivity index (χ1v) is 6.11. The quantitative estimate of drug-likeness (QED) is 0.529. The Morgan fingerprint density at radius 2 is 2.12 bits per heavy atom. The Kier molecular flexibility index (Phi) is 6.58. The maximum Gasteiger partial charge on any atom is 0.411 e. The monoisotopic (exact) mass is 251 g/mol. The fraction of sp³-hybridized carbons (Fsp3) is 0.833. The number of rotatable bonds is 8. The molecule has 1 N–H and O–H groups in total. The van der Waals surface area contributed by atoms with Gasteiger partial charge in [0.1, 0.15) is 6.61 Å².